The first-order valence-electron chi connectivity index (χ1n) is 8.69. The van der Waals surface area contributed by atoms with Gasteiger partial charge in [0.25, 0.3) is 0 Å². The molecule has 1 N–H and O–H groups in total. The second kappa shape index (κ2) is 5.79. The number of hydrogen-bond donors (Lipinski definition) is 1. The molecule has 0 amide bonds. The Balaban J connectivity index is 2.22. The molecule has 0 bridgehead atoms. The van der Waals surface area contributed by atoms with Crippen molar-refractivity contribution in [2.45, 2.75) is 47.6 Å². The summed E-state index contributed by atoms with van der Waals surface area (Å²) in [4.78, 5) is 4.64. The Kier molecular flexibility index (Phi) is 4.09. The Bertz CT molecular complexity index is 741. The van der Waals surface area contributed by atoms with Gasteiger partial charge in [0.15, 0.2) is 0 Å². The number of allylic oxidation sites excluding steroid dienone is 2. The number of hydrogen-bond acceptors (Lipinski definition) is 2. The van der Waals surface area contributed by atoms with E-state index in [1.165, 1.54) is 5.70 Å². The normalized spacial score (nSPS) is 24.9. The maximum absolute atomic E-state index is 9.85. The first-order valence-corrected chi connectivity index (χ1v) is 8.69. The molecule has 0 saturated carbocycles. The van der Waals surface area contributed by atoms with Crippen LogP contribution in [0.5, 0.6) is 0 Å². The van der Waals surface area contributed by atoms with E-state index in [2.05, 4.69) is 56.3 Å². The van der Waals surface area contributed by atoms with Crippen molar-refractivity contribution < 1.29 is 5.11 Å². The lowest BCUT2D eigenvalue weighted by Gasteiger charge is -2.41. The van der Waals surface area contributed by atoms with Crippen LogP contribution in [0.3, 0.4) is 0 Å². The van der Waals surface area contributed by atoms with Crippen molar-refractivity contribution in [2.75, 3.05) is 0 Å². The minimum Gasteiger partial charge on any atom is -0.388 e. The molecule has 0 saturated heterocycles. The average molecular weight is 312 g/mol. The van der Waals surface area contributed by atoms with Crippen molar-refractivity contribution in [3.63, 3.8) is 0 Å². The zero-order chi connectivity index (χ0) is 16.8. The molecule has 1 aromatic carbocycles. The largest absolute Gasteiger partial charge is 0.388 e. The number of nitrogens with zero attached hydrogens (tertiary/aromatic N) is 2. The number of rotatable bonds is 4. The quantitative estimate of drug-likeness (QED) is 0.888. The molecule has 1 aliphatic rings. The summed E-state index contributed by atoms with van der Waals surface area (Å²) in [6.45, 7) is 11.6. The third kappa shape index (κ3) is 2.33. The van der Waals surface area contributed by atoms with Crippen LogP contribution in [-0.4, -0.2) is 14.7 Å². The van der Waals surface area contributed by atoms with E-state index in [1.807, 2.05) is 18.2 Å². The van der Waals surface area contributed by atoms with Crippen LogP contribution in [0.4, 0.5) is 0 Å². The lowest BCUT2D eigenvalue weighted by atomic mass is 9.66. The summed E-state index contributed by atoms with van der Waals surface area (Å²) < 4.78 is 2.21. The zero-order valence-electron chi connectivity index (χ0n) is 14.9. The van der Waals surface area contributed by atoms with Gasteiger partial charge in [-0.3, -0.25) is 4.57 Å². The number of fused-ring (bicyclic) bond motifs is 1. The molecular formula is C20H28N2O. The summed E-state index contributed by atoms with van der Waals surface area (Å²) in [5.74, 6) is 2.51. The molecule has 2 atom stereocenters. The first kappa shape index (κ1) is 16.3. The summed E-state index contributed by atoms with van der Waals surface area (Å²) >= 11 is 0. The number of aliphatic hydroxyl groups excluding tert-OH is 1. The number of benzene rings is 1. The van der Waals surface area contributed by atoms with Gasteiger partial charge in [-0.05, 0) is 36.3 Å². The van der Waals surface area contributed by atoms with Gasteiger partial charge in [0.2, 0.25) is 0 Å². The van der Waals surface area contributed by atoms with E-state index >= 15 is 0 Å². The predicted molar refractivity (Wildman–Crippen MR) is 95.8 cm³/mol. The van der Waals surface area contributed by atoms with Crippen LogP contribution in [0.15, 0.2) is 30.3 Å². The minimum atomic E-state index is -0.0352. The van der Waals surface area contributed by atoms with E-state index in [4.69, 9.17) is 0 Å². The van der Waals surface area contributed by atoms with E-state index in [0.29, 0.717) is 17.8 Å². The highest BCUT2D eigenvalue weighted by Crippen LogP contribution is 2.54. The van der Waals surface area contributed by atoms with Gasteiger partial charge in [0.1, 0.15) is 12.4 Å². The van der Waals surface area contributed by atoms with Crippen molar-refractivity contribution in [2.24, 2.45) is 23.2 Å². The topological polar surface area (TPSA) is 38.0 Å². The van der Waals surface area contributed by atoms with Gasteiger partial charge in [-0.2, -0.15) is 0 Å². The van der Waals surface area contributed by atoms with Crippen LogP contribution >= 0.6 is 0 Å². The average Bonchev–Trinajstić information content (AvgIpc) is 3.05. The molecule has 124 valence electrons. The minimum absolute atomic E-state index is 0.0352. The second-order valence-electron chi connectivity index (χ2n) is 7.62. The Morgan fingerprint density at radius 1 is 1.26 bits per heavy atom. The van der Waals surface area contributed by atoms with Gasteiger partial charge in [0, 0.05) is 11.1 Å². The molecule has 1 aromatic heterocycles. The van der Waals surface area contributed by atoms with Crippen LogP contribution in [0.2, 0.25) is 0 Å². The van der Waals surface area contributed by atoms with E-state index in [9.17, 15) is 5.11 Å². The summed E-state index contributed by atoms with van der Waals surface area (Å²) in [7, 11) is 0. The molecule has 1 heterocycles. The van der Waals surface area contributed by atoms with Crippen molar-refractivity contribution in [1.82, 2.24) is 9.55 Å². The van der Waals surface area contributed by atoms with Crippen LogP contribution in [0, 0.1) is 23.2 Å². The molecular weight excluding hydrogens is 284 g/mol. The smallest absolute Gasteiger partial charge is 0.140 e. The monoisotopic (exact) mass is 312 g/mol. The van der Waals surface area contributed by atoms with E-state index in [0.717, 1.165) is 23.3 Å². The number of aromatic nitrogens is 2. The SMILES string of the molecule is CC(C)C1CC=C(n2c(CO)nc3ccccc32)[C@@]1(C)C(C)C. The summed E-state index contributed by atoms with van der Waals surface area (Å²) in [5, 5.41) is 9.85. The third-order valence-corrected chi connectivity index (χ3v) is 5.90. The standard InChI is InChI=1S/C20H28N2O/c1-13(2)15-10-11-18(20(15,5)14(3)4)22-17-9-7-6-8-16(17)21-19(22)12-23/h6-9,11,13-15,23H,10,12H2,1-5H3/t15?,20-/m0/s1. The molecule has 0 aliphatic heterocycles. The molecule has 2 aromatic rings. The van der Waals surface area contributed by atoms with Crippen LogP contribution in [-0.2, 0) is 6.61 Å². The second-order valence-corrected chi connectivity index (χ2v) is 7.62. The van der Waals surface area contributed by atoms with Crippen molar-refractivity contribution >= 4 is 16.7 Å². The van der Waals surface area contributed by atoms with Crippen LogP contribution in [0.25, 0.3) is 16.7 Å². The Morgan fingerprint density at radius 3 is 2.57 bits per heavy atom. The lowest BCUT2D eigenvalue weighted by Crippen LogP contribution is -2.35. The fourth-order valence-corrected chi connectivity index (χ4v) is 4.36. The molecule has 1 aliphatic carbocycles. The molecule has 0 spiro atoms. The van der Waals surface area contributed by atoms with E-state index in [1.54, 1.807) is 0 Å². The fourth-order valence-electron chi connectivity index (χ4n) is 4.36. The van der Waals surface area contributed by atoms with Gasteiger partial charge < -0.3 is 5.11 Å². The Morgan fingerprint density at radius 2 is 1.96 bits per heavy atom. The van der Waals surface area contributed by atoms with Gasteiger partial charge >= 0.3 is 0 Å². The molecule has 1 unspecified atom stereocenters. The molecule has 3 rings (SSSR count). The molecule has 0 radical (unpaired) electrons. The maximum atomic E-state index is 9.85. The summed E-state index contributed by atoms with van der Waals surface area (Å²) in [6.07, 6.45) is 3.47. The maximum Gasteiger partial charge on any atom is 0.140 e. The van der Waals surface area contributed by atoms with Crippen molar-refractivity contribution in [3.05, 3.63) is 36.2 Å². The number of imidazole rings is 1. The van der Waals surface area contributed by atoms with Gasteiger partial charge in [-0.15, -0.1) is 0 Å². The number of aliphatic hydroxyl groups is 1. The Hall–Kier alpha value is -1.61. The van der Waals surface area contributed by atoms with Gasteiger partial charge in [-0.1, -0.05) is 52.8 Å². The third-order valence-electron chi connectivity index (χ3n) is 5.90. The highest BCUT2D eigenvalue weighted by molar-refractivity contribution is 5.81. The molecule has 0 fully saturated rings. The highest BCUT2D eigenvalue weighted by atomic mass is 16.3. The Labute approximate surface area is 139 Å². The highest BCUT2D eigenvalue weighted by Gasteiger charge is 2.46. The van der Waals surface area contributed by atoms with Crippen molar-refractivity contribution in [3.8, 4) is 0 Å². The summed E-state index contributed by atoms with van der Waals surface area (Å²) in [5.41, 5.74) is 3.45. The van der Waals surface area contributed by atoms with Crippen LogP contribution in [0.1, 0.15) is 46.9 Å². The lowest BCUT2D eigenvalue weighted by molar-refractivity contribution is 0.152. The zero-order valence-corrected chi connectivity index (χ0v) is 14.9. The van der Waals surface area contributed by atoms with Crippen LogP contribution < -0.4 is 0 Å². The molecule has 3 nitrogen and oxygen atoms in total. The first-order chi connectivity index (χ1) is 10.9. The van der Waals surface area contributed by atoms with E-state index < -0.39 is 0 Å². The van der Waals surface area contributed by atoms with Crippen molar-refractivity contribution in [1.29, 1.82) is 0 Å². The molecule has 23 heavy (non-hydrogen) atoms. The van der Waals surface area contributed by atoms with Gasteiger partial charge in [0.05, 0.1) is 11.0 Å². The van der Waals surface area contributed by atoms with Gasteiger partial charge in [-0.25, -0.2) is 4.98 Å². The van der Waals surface area contributed by atoms with E-state index in [-0.39, 0.29) is 12.0 Å². The number of para-hydroxylation sites is 2. The summed E-state index contributed by atoms with van der Waals surface area (Å²) in [6, 6.07) is 8.17. The molecule has 3 heteroatoms. The fraction of sp³-hybridized carbons (Fsp3) is 0.550. The predicted octanol–water partition coefficient (Wildman–Crippen LogP) is 4.71.